The molecule has 8 rings (SSSR count). The van der Waals surface area contributed by atoms with E-state index >= 15 is 0 Å². The van der Waals surface area contributed by atoms with E-state index in [2.05, 4.69) is 45.7 Å². The Morgan fingerprint density at radius 1 is 0.821 bits per heavy atom. The zero-order chi connectivity index (χ0) is 48.1. The van der Waals surface area contributed by atoms with E-state index < -0.39 is 22.8 Å². The maximum atomic E-state index is 12.8. The molecule has 2 atom stereocenters. The zero-order valence-electron chi connectivity index (χ0n) is 39.5. The molecule has 356 valence electrons. The minimum Gasteiger partial charge on any atom is -1.00 e. The predicted octanol–water partition coefficient (Wildman–Crippen LogP) is 0.0472. The Labute approximate surface area is 410 Å². The van der Waals surface area contributed by atoms with Crippen LogP contribution in [0.5, 0.6) is 0 Å². The second-order valence-corrected chi connectivity index (χ2v) is 18.2. The van der Waals surface area contributed by atoms with Gasteiger partial charge in [0.05, 0.1) is 36.4 Å². The van der Waals surface area contributed by atoms with Gasteiger partial charge in [-0.15, -0.1) is 0 Å². The van der Waals surface area contributed by atoms with Gasteiger partial charge in [0.15, 0.2) is 29.1 Å². The van der Waals surface area contributed by atoms with Crippen molar-refractivity contribution in [1.29, 1.82) is 10.5 Å². The van der Waals surface area contributed by atoms with Gasteiger partial charge in [-0.05, 0) is 46.5 Å². The summed E-state index contributed by atoms with van der Waals surface area (Å²) in [5.41, 5.74) is 7.52. The molecule has 2 saturated heterocycles. The molecular weight excluding hydrogens is 909 g/mol. The van der Waals surface area contributed by atoms with Gasteiger partial charge in [0, 0.05) is 89.7 Å². The van der Waals surface area contributed by atoms with Gasteiger partial charge < -0.3 is 32.1 Å². The normalized spacial score (nSPS) is 18.3. The summed E-state index contributed by atoms with van der Waals surface area (Å²) in [6.07, 6.45) is 7.01. The summed E-state index contributed by atoms with van der Waals surface area (Å²) in [5.74, 6) is 2.06. The molecule has 0 aromatic carbocycles. The number of nitriles is 2. The summed E-state index contributed by atoms with van der Waals surface area (Å²) in [6.45, 7) is 7.60. The quantitative estimate of drug-likeness (QED) is 0.157. The fourth-order valence-corrected chi connectivity index (χ4v) is 7.95. The number of nitrogen functional groups attached to an aromatic ring is 1. The number of hydrogen-bond acceptors (Lipinski definition) is 17. The molecule has 4 fully saturated rings. The first-order valence-electron chi connectivity index (χ1n) is 21.3. The summed E-state index contributed by atoms with van der Waals surface area (Å²) in [4.78, 5) is 50.2. The first kappa shape index (κ1) is 52.4. The van der Waals surface area contributed by atoms with Crippen molar-refractivity contribution >= 4 is 45.2 Å². The Morgan fingerprint density at radius 3 is 1.61 bits per heavy atom. The second-order valence-electron chi connectivity index (χ2n) is 16.5. The van der Waals surface area contributed by atoms with E-state index in [4.69, 9.17) is 5.73 Å². The average Bonchev–Trinajstić information content (AvgIpc) is 4.20. The minimum absolute atomic E-state index is 0. The van der Waals surface area contributed by atoms with Crippen LogP contribution in [0.25, 0.3) is 22.8 Å². The van der Waals surface area contributed by atoms with E-state index in [0.717, 1.165) is 37.5 Å². The number of nitrogens with two attached hydrogens (primary N) is 1. The number of carbonyl (C=O) groups is 2. The third-order valence-electron chi connectivity index (χ3n) is 11.0. The molecule has 0 unspecified atom stereocenters. The van der Waals surface area contributed by atoms with Crippen LogP contribution >= 0.6 is 0 Å². The molecule has 0 bridgehead atoms. The first-order chi connectivity index (χ1) is 31.2. The van der Waals surface area contributed by atoms with Gasteiger partial charge in [0.1, 0.15) is 35.6 Å². The number of alkyl halides is 3. The standard InChI is InChI=1S/C20H23F3N8O.C18H22N8O.C3H8O3S.Na.H/c1-12-9-30(5-6-31(12)19(32)13-3-4-13)18-15(7-24)17(25-11-20(21,22)23)27-16(28-18)14-8-26-29(2)10-14;1-11-9-25(5-6-26(11)18(27)12-3-4-12)17-14(7-19)15(20)22-16(23-17)13-8-21-24(2)10-13;1-3-6-7(2,4)5;;/h8,10,12-13H,3-6,9,11H2,1-2H3,(H,25,27,28);8,10-12H,3-6,9H2,1-2H3,(H2,20,22,23);3H2,1-2H3;;/q;;;+1;-1/t12-;11-;;;/m11.../s1. The van der Waals surface area contributed by atoms with Crippen molar-refractivity contribution in [3.05, 3.63) is 35.9 Å². The van der Waals surface area contributed by atoms with Gasteiger partial charge in [-0.1, -0.05) is 0 Å². The third kappa shape index (κ3) is 13.7. The summed E-state index contributed by atoms with van der Waals surface area (Å²) < 4.78 is 66.0. The number of piperazine rings is 2. The molecule has 26 heteroatoms. The maximum Gasteiger partial charge on any atom is 1.00 e. The van der Waals surface area contributed by atoms with Crippen molar-refractivity contribution in [3.8, 4) is 34.9 Å². The van der Waals surface area contributed by atoms with Crippen molar-refractivity contribution in [3.63, 3.8) is 0 Å². The third-order valence-corrected chi connectivity index (χ3v) is 11.7. The van der Waals surface area contributed by atoms with E-state index in [1.54, 1.807) is 37.2 Å². The van der Waals surface area contributed by atoms with Crippen LogP contribution in [0.2, 0.25) is 0 Å². The Bertz CT molecular complexity index is 2620. The summed E-state index contributed by atoms with van der Waals surface area (Å²) >= 11 is 0. The van der Waals surface area contributed by atoms with Crippen LogP contribution in [0.15, 0.2) is 24.8 Å². The van der Waals surface area contributed by atoms with Crippen LogP contribution in [-0.4, -0.2) is 146 Å². The van der Waals surface area contributed by atoms with Gasteiger partial charge in [-0.3, -0.25) is 23.1 Å². The monoisotopic (exact) mass is 962 g/mol. The second kappa shape index (κ2) is 22.0. The number of nitrogens with one attached hydrogen (secondary N) is 1. The van der Waals surface area contributed by atoms with Crippen LogP contribution in [0, 0.1) is 34.5 Å². The smallest absolute Gasteiger partial charge is 1.00 e. The number of hydrogen-bond donors (Lipinski definition) is 2. The van der Waals surface area contributed by atoms with Crippen molar-refractivity contribution in [2.45, 2.75) is 64.7 Å². The molecule has 2 aliphatic carbocycles. The maximum absolute atomic E-state index is 12.8. The van der Waals surface area contributed by atoms with Crippen LogP contribution in [0.3, 0.4) is 0 Å². The molecule has 0 spiro atoms. The van der Waals surface area contributed by atoms with Crippen molar-refractivity contribution in [1.82, 2.24) is 49.3 Å². The number of aryl methyl sites for hydroxylation is 2. The Kier molecular flexibility index (Phi) is 17.2. The van der Waals surface area contributed by atoms with Gasteiger partial charge >= 0.3 is 35.7 Å². The number of halogens is 3. The largest absolute Gasteiger partial charge is 1.00 e. The number of nitrogens with zero attached hydrogens (tertiary/aromatic N) is 14. The first-order valence-corrected chi connectivity index (χ1v) is 23.1. The number of anilines is 4. The number of amides is 2. The molecular formula is C41H54F3N16NaO5S. The molecule has 3 N–H and O–H groups in total. The Balaban J connectivity index is 0.000000256. The number of rotatable bonds is 10. The average molecular weight is 963 g/mol. The molecule has 4 aromatic heterocycles. The van der Waals surface area contributed by atoms with Crippen molar-refractivity contribution in [2.24, 2.45) is 25.9 Å². The summed E-state index contributed by atoms with van der Waals surface area (Å²) in [5, 5.41) is 29.8. The molecule has 21 nitrogen and oxygen atoms in total. The fourth-order valence-electron chi connectivity index (χ4n) is 7.52. The van der Waals surface area contributed by atoms with Gasteiger partial charge in [0.2, 0.25) is 11.8 Å². The van der Waals surface area contributed by atoms with Crippen LogP contribution in [0.1, 0.15) is 59.0 Å². The molecule has 0 radical (unpaired) electrons. The predicted molar refractivity (Wildman–Crippen MR) is 237 cm³/mol. The Morgan fingerprint density at radius 2 is 1.27 bits per heavy atom. The van der Waals surface area contributed by atoms with E-state index in [-0.39, 0.29) is 108 Å². The van der Waals surface area contributed by atoms with Crippen molar-refractivity contribution in [2.75, 3.05) is 79.5 Å². The molecule has 67 heavy (non-hydrogen) atoms. The van der Waals surface area contributed by atoms with Gasteiger partial charge in [-0.25, -0.2) is 19.9 Å². The number of aromatic nitrogens is 8. The van der Waals surface area contributed by atoms with Crippen molar-refractivity contribution < 1.29 is 66.3 Å². The Hall–Kier alpha value is -5.60. The van der Waals surface area contributed by atoms with Gasteiger partial charge in [-0.2, -0.15) is 42.3 Å². The molecule has 2 aliphatic heterocycles. The van der Waals surface area contributed by atoms with Crippen LogP contribution < -0.4 is 50.4 Å². The van der Waals surface area contributed by atoms with E-state index in [1.165, 1.54) is 10.9 Å². The van der Waals surface area contributed by atoms with E-state index in [9.17, 15) is 41.7 Å². The zero-order valence-corrected chi connectivity index (χ0v) is 41.3. The summed E-state index contributed by atoms with van der Waals surface area (Å²) in [6, 6.07) is 4.02. The molecule has 2 amide bonds. The molecule has 6 heterocycles. The van der Waals surface area contributed by atoms with E-state index in [1.807, 2.05) is 46.6 Å². The molecule has 4 aliphatic rings. The van der Waals surface area contributed by atoms with Crippen LogP contribution in [-0.2, 0) is 38.0 Å². The molecule has 2 saturated carbocycles. The summed E-state index contributed by atoms with van der Waals surface area (Å²) in [7, 11) is 0.344. The minimum atomic E-state index is -4.48. The fraction of sp³-hybridized carbons (Fsp3) is 0.561. The van der Waals surface area contributed by atoms with Gasteiger partial charge in [0.25, 0.3) is 10.1 Å². The van der Waals surface area contributed by atoms with E-state index in [0.29, 0.717) is 56.5 Å². The topological polar surface area (TPSA) is 263 Å². The number of carbonyl (C=O) groups excluding carboxylic acids is 2. The van der Waals surface area contributed by atoms with Crippen LogP contribution in [0.4, 0.5) is 36.4 Å². The molecule has 4 aromatic rings. The SMILES string of the molecule is CCOS(C)(=O)=O.C[C@@H]1CN(c2nc(-c3cnn(C)c3)nc(N)c2C#N)CCN1C(=O)C1CC1.C[C@@H]1CN(c2nc(-c3cnn(C)c3)nc(NCC(F)(F)F)c2C#N)CCN1C(=O)C1CC1.[H-].[Na+].